The number of rotatable bonds is 2. The van der Waals surface area contributed by atoms with Gasteiger partial charge in [0.05, 0.1) is 10.7 Å². The number of thioether (sulfide) groups is 1. The van der Waals surface area contributed by atoms with Gasteiger partial charge in [0.1, 0.15) is 5.52 Å². The van der Waals surface area contributed by atoms with Gasteiger partial charge in [-0.3, -0.25) is 0 Å². The van der Waals surface area contributed by atoms with Crippen LogP contribution in [0, 0.1) is 0 Å². The maximum atomic E-state index is 5.97. The SMILES string of the molecule is CSc1ccc(-c2nc3cc(Cl)c(N)cc3o2)cc1. The van der Waals surface area contributed by atoms with E-state index in [-0.39, 0.29) is 0 Å². The number of oxazole rings is 1. The van der Waals surface area contributed by atoms with Crippen LogP contribution in [0.5, 0.6) is 0 Å². The molecule has 3 nitrogen and oxygen atoms in total. The number of aromatic nitrogens is 1. The molecule has 2 aromatic carbocycles. The normalized spacial score (nSPS) is 11.1. The molecule has 0 unspecified atom stereocenters. The second-order valence-electron chi connectivity index (χ2n) is 4.09. The Hall–Kier alpha value is -1.65. The average molecular weight is 291 g/mol. The minimum absolute atomic E-state index is 0.491. The number of nitrogen functional groups attached to an aromatic ring is 1. The van der Waals surface area contributed by atoms with Crippen LogP contribution in [0.2, 0.25) is 5.02 Å². The minimum atomic E-state index is 0.491. The molecule has 0 atom stereocenters. The van der Waals surface area contributed by atoms with Crippen molar-refractivity contribution in [2.45, 2.75) is 4.90 Å². The Bertz CT molecular complexity index is 698. The van der Waals surface area contributed by atoms with Crippen LogP contribution in [0.1, 0.15) is 0 Å². The number of fused-ring (bicyclic) bond motifs is 1. The molecule has 0 radical (unpaired) electrons. The van der Waals surface area contributed by atoms with Crippen LogP contribution in [0.4, 0.5) is 5.69 Å². The number of nitrogens with zero attached hydrogens (tertiary/aromatic N) is 1. The zero-order chi connectivity index (χ0) is 13.4. The maximum Gasteiger partial charge on any atom is 0.227 e. The van der Waals surface area contributed by atoms with Crippen molar-refractivity contribution in [2.24, 2.45) is 0 Å². The minimum Gasteiger partial charge on any atom is -0.436 e. The highest BCUT2D eigenvalue weighted by Gasteiger charge is 2.10. The van der Waals surface area contributed by atoms with E-state index >= 15 is 0 Å². The molecule has 0 spiro atoms. The molecule has 19 heavy (non-hydrogen) atoms. The van der Waals surface area contributed by atoms with E-state index in [1.807, 2.05) is 30.5 Å². The zero-order valence-electron chi connectivity index (χ0n) is 10.2. The van der Waals surface area contributed by atoms with Gasteiger partial charge < -0.3 is 10.2 Å². The first-order chi connectivity index (χ1) is 9.17. The predicted octanol–water partition coefficient (Wildman–Crippen LogP) is 4.45. The van der Waals surface area contributed by atoms with Crippen molar-refractivity contribution in [2.75, 3.05) is 12.0 Å². The first-order valence-corrected chi connectivity index (χ1v) is 7.27. The van der Waals surface area contributed by atoms with Gasteiger partial charge >= 0.3 is 0 Å². The Morgan fingerprint density at radius 3 is 2.63 bits per heavy atom. The van der Waals surface area contributed by atoms with Gasteiger partial charge in [-0.25, -0.2) is 4.98 Å². The van der Waals surface area contributed by atoms with E-state index in [0.717, 1.165) is 5.56 Å². The Labute approximate surface area is 119 Å². The van der Waals surface area contributed by atoms with E-state index < -0.39 is 0 Å². The molecule has 0 amide bonds. The standard InChI is InChI=1S/C14H11ClN2OS/c1-19-9-4-2-8(3-5-9)14-17-12-6-10(15)11(16)7-13(12)18-14/h2-7H,16H2,1H3. The molecule has 0 fully saturated rings. The lowest BCUT2D eigenvalue weighted by Crippen LogP contribution is -1.84. The van der Waals surface area contributed by atoms with Crippen LogP contribution in [-0.2, 0) is 0 Å². The number of nitrogens with two attached hydrogens (primary N) is 1. The fraction of sp³-hybridized carbons (Fsp3) is 0.0714. The molecule has 0 bridgehead atoms. The molecule has 3 rings (SSSR count). The molecule has 96 valence electrons. The molecule has 5 heteroatoms. The van der Waals surface area contributed by atoms with E-state index in [4.69, 9.17) is 21.8 Å². The molecule has 0 saturated heterocycles. The second-order valence-corrected chi connectivity index (χ2v) is 5.38. The van der Waals surface area contributed by atoms with Crippen LogP contribution < -0.4 is 5.73 Å². The third-order valence-electron chi connectivity index (χ3n) is 2.84. The Morgan fingerprint density at radius 2 is 1.95 bits per heavy atom. The summed E-state index contributed by atoms with van der Waals surface area (Å²) < 4.78 is 5.71. The van der Waals surface area contributed by atoms with Crippen LogP contribution in [0.25, 0.3) is 22.6 Å². The maximum absolute atomic E-state index is 5.97. The number of hydrogen-bond acceptors (Lipinski definition) is 4. The van der Waals surface area contributed by atoms with Crippen molar-refractivity contribution in [3.8, 4) is 11.5 Å². The molecule has 2 N–H and O–H groups in total. The van der Waals surface area contributed by atoms with E-state index in [2.05, 4.69) is 4.98 Å². The fourth-order valence-corrected chi connectivity index (χ4v) is 2.39. The second kappa shape index (κ2) is 4.79. The molecule has 0 aliphatic carbocycles. The van der Waals surface area contributed by atoms with Gasteiger partial charge in [0.25, 0.3) is 0 Å². The summed E-state index contributed by atoms with van der Waals surface area (Å²) in [7, 11) is 0. The third kappa shape index (κ3) is 2.29. The summed E-state index contributed by atoms with van der Waals surface area (Å²) in [6, 6.07) is 11.5. The number of hydrogen-bond donors (Lipinski definition) is 1. The highest BCUT2D eigenvalue weighted by molar-refractivity contribution is 7.98. The van der Waals surface area contributed by atoms with Gasteiger partial charge in [0.15, 0.2) is 5.58 Å². The van der Waals surface area contributed by atoms with Crippen LogP contribution >= 0.6 is 23.4 Å². The lowest BCUT2D eigenvalue weighted by molar-refractivity contribution is 0.620. The molecule has 1 aromatic heterocycles. The highest BCUT2D eigenvalue weighted by atomic mass is 35.5. The number of benzene rings is 2. The van der Waals surface area contributed by atoms with E-state index in [0.29, 0.717) is 27.7 Å². The van der Waals surface area contributed by atoms with Crippen molar-refractivity contribution in [1.29, 1.82) is 0 Å². The summed E-state index contributed by atoms with van der Waals surface area (Å²) >= 11 is 7.67. The quantitative estimate of drug-likeness (QED) is 0.559. The van der Waals surface area contributed by atoms with Crippen LogP contribution in [0.3, 0.4) is 0 Å². The van der Waals surface area contributed by atoms with Gasteiger partial charge in [-0.2, -0.15) is 0 Å². The van der Waals surface area contributed by atoms with Gasteiger partial charge in [-0.1, -0.05) is 11.6 Å². The van der Waals surface area contributed by atoms with Crippen LogP contribution in [-0.4, -0.2) is 11.2 Å². The van der Waals surface area contributed by atoms with Gasteiger partial charge in [-0.15, -0.1) is 11.8 Å². The summed E-state index contributed by atoms with van der Waals surface area (Å²) in [5.74, 6) is 0.573. The lowest BCUT2D eigenvalue weighted by atomic mass is 10.2. The molecule has 1 heterocycles. The smallest absolute Gasteiger partial charge is 0.227 e. The molecular formula is C14H11ClN2OS. The van der Waals surface area contributed by atoms with Gasteiger partial charge in [0.2, 0.25) is 5.89 Å². The van der Waals surface area contributed by atoms with Crippen molar-refractivity contribution < 1.29 is 4.42 Å². The van der Waals surface area contributed by atoms with Gasteiger partial charge in [0, 0.05) is 16.5 Å². The van der Waals surface area contributed by atoms with E-state index in [1.54, 1.807) is 23.9 Å². The summed E-state index contributed by atoms with van der Waals surface area (Å²) in [6.07, 6.45) is 2.04. The molecule has 0 saturated carbocycles. The average Bonchev–Trinajstić information content (AvgIpc) is 2.82. The summed E-state index contributed by atoms with van der Waals surface area (Å²) in [6.45, 7) is 0. The molecule has 0 aliphatic heterocycles. The first-order valence-electron chi connectivity index (χ1n) is 5.67. The Morgan fingerprint density at radius 1 is 1.21 bits per heavy atom. The molecule has 3 aromatic rings. The van der Waals surface area contributed by atoms with Crippen molar-refractivity contribution in [3.05, 3.63) is 41.4 Å². The van der Waals surface area contributed by atoms with Crippen molar-refractivity contribution >= 4 is 40.1 Å². The van der Waals surface area contributed by atoms with Gasteiger partial charge in [-0.05, 0) is 36.6 Å². The Kier molecular flexibility index (Phi) is 3.12. The van der Waals surface area contributed by atoms with E-state index in [9.17, 15) is 0 Å². The van der Waals surface area contributed by atoms with Crippen molar-refractivity contribution in [3.63, 3.8) is 0 Å². The number of halogens is 1. The highest BCUT2D eigenvalue weighted by Crippen LogP contribution is 2.30. The lowest BCUT2D eigenvalue weighted by Gasteiger charge is -1.97. The Balaban J connectivity index is 2.09. The largest absolute Gasteiger partial charge is 0.436 e. The fourth-order valence-electron chi connectivity index (χ4n) is 1.82. The zero-order valence-corrected chi connectivity index (χ0v) is 11.8. The van der Waals surface area contributed by atoms with Crippen LogP contribution in [0.15, 0.2) is 45.7 Å². The monoisotopic (exact) mass is 290 g/mol. The summed E-state index contributed by atoms with van der Waals surface area (Å²) in [5.41, 5.74) is 8.53. The summed E-state index contributed by atoms with van der Waals surface area (Å²) in [4.78, 5) is 5.63. The molecular weight excluding hydrogens is 280 g/mol. The third-order valence-corrected chi connectivity index (χ3v) is 3.91. The summed E-state index contributed by atoms with van der Waals surface area (Å²) in [5, 5.41) is 0.491. The number of anilines is 1. The molecule has 0 aliphatic rings. The predicted molar refractivity (Wildman–Crippen MR) is 80.6 cm³/mol. The first kappa shape index (κ1) is 12.4. The topological polar surface area (TPSA) is 52.0 Å². The van der Waals surface area contributed by atoms with Crippen molar-refractivity contribution in [1.82, 2.24) is 4.98 Å². The van der Waals surface area contributed by atoms with E-state index in [1.165, 1.54) is 4.90 Å².